The molecule has 2 aromatic carbocycles. The van der Waals surface area contributed by atoms with E-state index in [1.807, 2.05) is 60.7 Å². The van der Waals surface area contributed by atoms with Gasteiger partial charge in [0.05, 0.1) is 12.5 Å². The smallest absolute Gasteiger partial charge is 0.286 e. The molecule has 21 heavy (non-hydrogen) atoms. The molecule has 0 atom stereocenters. The summed E-state index contributed by atoms with van der Waals surface area (Å²) in [5.41, 5.74) is 0. The number of hydrogen-bond donors (Lipinski definition) is 2. The van der Waals surface area contributed by atoms with E-state index < -0.39 is 20.2 Å². The van der Waals surface area contributed by atoms with Crippen molar-refractivity contribution < 1.29 is 52.1 Å². The van der Waals surface area contributed by atoms with Crippen molar-refractivity contribution in [3.05, 3.63) is 60.7 Å². The Balaban J connectivity index is -0.000000202. The van der Waals surface area contributed by atoms with Crippen molar-refractivity contribution in [2.45, 2.75) is 0 Å². The molecule has 0 unspecified atom stereocenters. The van der Waals surface area contributed by atoms with E-state index in [1.165, 1.54) is 0 Å². The molecule has 0 aliphatic heterocycles. The molecule has 2 aromatic rings. The molecule has 0 bridgehead atoms. The van der Waals surface area contributed by atoms with Gasteiger partial charge >= 0.3 is 26.2 Å². The van der Waals surface area contributed by atoms with Gasteiger partial charge in [0.2, 0.25) is 0 Å². The summed E-state index contributed by atoms with van der Waals surface area (Å²) in [6, 6.07) is 20.0. The Morgan fingerprint density at radius 3 is 0.857 bits per heavy atom. The fourth-order valence-corrected chi connectivity index (χ4v) is 0.642. The van der Waals surface area contributed by atoms with Crippen molar-refractivity contribution in [2.75, 3.05) is 12.5 Å². The third-order valence-corrected chi connectivity index (χ3v) is 1.11. The molecule has 0 heterocycles. The largest absolute Gasteiger partial charge is 2.00 e. The number of rotatable bonds is 0. The topological polar surface area (TPSA) is 109 Å². The Morgan fingerprint density at radius 1 is 0.667 bits per heavy atom. The SMILES string of the molecule is CS(=O)(=O)O.CS(=O)(=O)O.[Zr+2].c1cc[cH-]c1.c1cc[cH-]c1. The van der Waals surface area contributed by atoms with Gasteiger partial charge in [0, 0.05) is 0 Å². The molecule has 0 radical (unpaired) electrons. The molecule has 0 aliphatic carbocycles. The second-order valence-electron chi connectivity index (χ2n) is 3.39. The Morgan fingerprint density at radius 2 is 0.810 bits per heavy atom. The zero-order chi connectivity index (χ0) is 16.1. The van der Waals surface area contributed by atoms with Gasteiger partial charge in [-0.15, -0.1) is 0 Å². The first-order valence-electron chi connectivity index (χ1n) is 5.18. The van der Waals surface area contributed by atoms with Crippen LogP contribution in [0.5, 0.6) is 0 Å². The van der Waals surface area contributed by atoms with Crippen molar-refractivity contribution in [3.63, 3.8) is 0 Å². The first-order valence-corrected chi connectivity index (χ1v) is 8.88. The van der Waals surface area contributed by atoms with Gasteiger partial charge in [-0.05, 0) is 0 Å². The molecule has 9 heteroatoms. The number of hydrogen-bond acceptors (Lipinski definition) is 4. The summed E-state index contributed by atoms with van der Waals surface area (Å²) in [6.45, 7) is 0. The van der Waals surface area contributed by atoms with Crippen molar-refractivity contribution in [1.82, 2.24) is 0 Å². The zero-order valence-corrected chi connectivity index (χ0v) is 15.7. The summed E-state index contributed by atoms with van der Waals surface area (Å²) in [5.74, 6) is 0. The second-order valence-corrected chi connectivity index (χ2v) is 6.32. The van der Waals surface area contributed by atoms with Gasteiger partial charge < -0.3 is 0 Å². The van der Waals surface area contributed by atoms with Gasteiger partial charge in [-0.3, -0.25) is 9.11 Å². The molecule has 118 valence electrons. The van der Waals surface area contributed by atoms with Crippen LogP contribution >= 0.6 is 0 Å². The average molecular weight is 414 g/mol. The third-order valence-electron chi connectivity index (χ3n) is 1.11. The van der Waals surface area contributed by atoms with Gasteiger partial charge in [0.25, 0.3) is 20.2 Å². The zero-order valence-electron chi connectivity index (χ0n) is 11.6. The van der Waals surface area contributed by atoms with E-state index in [4.69, 9.17) is 9.11 Å². The Hall–Kier alpha value is -0.597. The molecule has 0 aromatic heterocycles. The molecule has 2 rings (SSSR count). The Bertz CT molecular complexity index is 480. The molecule has 0 spiro atoms. The average Bonchev–Trinajstić information content (AvgIpc) is 2.92. The maximum Gasteiger partial charge on any atom is 2.00 e. The van der Waals surface area contributed by atoms with Crippen molar-refractivity contribution in [2.24, 2.45) is 0 Å². The van der Waals surface area contributed by atoms with Gasteiger partial charge in [0.1, 0.15) is 0 Å². The summed E-state index contributed by atoms with van der Waals surface area (Å²) in [7, 11) is -7.33. The second kappa shape index (κ2) is 14.3. The van der Waals surface area contributed by atoms with E-state index in [1.54, 1.807) is 0 Å². The van der Waals surface area contributed by atoms with Crippen LogP contribution in [0.25, 0.3) is 0 Å². The minimum absolute atomic E-state index is 0. The predicted octanol–water partition coefficient (Wildman–Crippen LogP) is 1.82. The molecular formula is C12H18O6S2Zr. The van der Waals surface area contributed by atoms with Gasteiger partial charge in [-0.25, -0.2) is 24.3 Å². The van der Waals surface area contributed by atoms with Crippen LogP contribution in [-0.2, 0) is 46.4 Å². The minimum atomic E-state index is -3.67. The molecule has 0 fully saturated rings. The van der Waals surface area contributed by atoms with E-state index in [0.717, 1.165) is 0 Å². The van der Waals surface area contributed by atoms with E-state index in [9.17, 15) is 16.8 Å². The summed E-state index contributed by atoms with van der Waals surface area (Å²) < 4.78 is 51.7. The summed E-state index contributed by atoms with van der Waals surface area (Å²) in [5, 5.41) is 0. The van der Waals surface area contributed by atoms with E-state index in [0.29, 0.717) is 12.5 Å². The summed E-state index contributed by atoms with van der Waals surface area (Å²) in [6.07, 6.45) is 1.43. The molecular weight excluding hydrogens is 395 g/mol. The fourth-order valence-electron chi connectivity index (χ4n) is 0.642. The van der Waals surface area contributed by atoms with Gasteiger partial charge in [-0.2, -0.15) is 53.2 Å². The van der Waals surface area contributed by atoms with Gasteiger partial charge in [-0.1, -0.05) is 0 Å². The molecule has 6 nitrogen and oxygen atoms in total. The van der Waals surface area contributed by atoms with Gasteiger partial charge in [0.15, 0.2) is 0 Å². The standard InChI is InChI=1S/2C5H5.2CH4O3S.Zr/c2*1-2-4-5-3-1;2*1-5(2,3)4;/h2*1-5H;2*1H3,(H,2,3,4);/q2*-1;;;+2. The Labute approximate surface area is 145 Å². The monoisotopic (exact) mass is 412 g/mol. The molecule has 0 amide bonds. The third kappa shape index (κ3) is 66.5. The maximum atomic E-state index is 9.19. The molecule has 2 N–H and O–H groups in total. The Kier molecular flexibility index (Phi) is 17.3. The normalized spacial score (nSPS) is 9.33. The van der Waals surface area contributed by atoms with Crippen LogP contribution in [0.15, 0.2) is 60.7 Å². The van der Waals surface area contributed by atoms with Crippen LogP contribution in [0.1, 0.15) is 0 Å². The van der Waals surface area contributed by atoms with Crippen molar-refractivity contribution >= 4 is 20.2 Å². The fraction of sp³-hybridized carbons (Fsp3) is 0.167. The summed E-state index contributed by atoms with van der Waals surface area (Å²) >= 11 is 0. The molecule has 0 saturated heterocycles. The van der Waals surface area contributed by atoms with Crippen LogP contribution in [0.4, 0.5) is 0 Å². The summed E-state index contributed by atoms with van der Waals surface area (Å²) in [4.78, 5) is 0. The van der Waals surface area contributed by atoms with E-state index in [2.05, 4.69) is 0 Å². The van der Waals surface area contributed by atoms with Crippen LogP contribution in [0, 0.1) is 0 Å². The van der Waals surface area contributed by atoms with Crippen LogP contribution in [0.3, 0.4) is 0 Å². The molecule has 0 aliphatic rings. The first kappa shape index (κ1) is 25.4. The maximum absolute atomic E-state index is 9.19. The quantitative estimate of drug-likeness (QED) is 0.504. The minimum Gasteiger partial charge on any atom is -0.286 e. The molecule has 0 saturated carbocycles. The van der Waals surface area contributed by atoms with Crippen LogP contribution in [0.2, 0.25) is 0 Å². The van der Waals surface area contributed by atoms with Crippen LogP contribution in [-0.4, -0.2) is 38.5 Å². The van der Waals surface area contributed by atoms with E-state index >= 15 is 0 Å². The van der Waals surface area contributed by atoms with E-state index in [-0.39, 0.29) is 26.2 Å². The van der Waals surface area contributed by atoms with Crippen molar-refractivity contribution in [1.29, 1.82) is 0 Å². The first-order chi connectivity index (χ1) is 9.00. The van der Waals surface area contributed by atoms with Crippen molar-refractivity contribution in [3.8, 4) is 0 Å². The predicted molar refractivity (Wildman–Crippen MR) is 79.0 cm³/mol. The van der Waals surface area contributed by atoms with Crippen LogP contribution < -0.4 is 0 Å².